The predicted molar refractivity (Wildman–Crippen MR) is 117 cm³/mol. The summed E-state index contributed by atoms with van der Waals surface area (Å²) in [6.45, 7) is 4.39. The zero-order valence-electron chi connectivity index (χ0n) is 17.3. The van der Waals surface area contributed by atoms with Gasteiger partial charge in [0.15, 0.2) is 0 Å². The molecular formula is C27H31N. The van der Waals surface area contributed by atoms with Gasteiger partial charge in [-0.2, -0.15) is 5.26 Å². The van der Waals surface area contributed by atoms with Gasteiger partial charge in [-0.3, -0.25) is 0 Å². The van der Waals surface area contributed by atoms with E-state index >= 15 is 0 Å². The van der Waals surface area contributed by atoms with E-state index in [1.807, 2.05) is 6.07 Å². The van der Waals surface area contributed by atoms with Crippen molar-refractivity contribution in [1.82, 2.24) is 0 Å². The van der Waals surface area contributed by atoms with Crippen LogP contribution in [0, 0.1) is 29.1 Å². The Labute approximate surface area is 170 Å². The van der Waals surface area contributed by atoms with Crippen LogP contribution in [0.1, 0.15) is 86.1 Å². The molecule has 0 bridgehead atoms. The molecule has 1 fully saturated rings. The molecule has 0 heterocycles. The minimum Gasteiger partial charge on any atom is -0.192 e. The minimum atomic E-state index is 0.483. The van der Waals surface area contributed by atoms with Gasteiger partial charge in [-0.1, -0.05) is 62.4 Å². The van der Waals surface area contributed by atoms with E-state index in [0.717, 1.165) is 42.4 Å². The van der Waals surface area contributed by atoms with E-state index in [4.69, 9.17) is 0 Å². The van der Waals surface area contributed by atoms with Crippen molar-refractivity contribution < 1.29 is 0 Å². The summed E-state index contributed by atoms with van der Waals surface area (Å²) in [6.07, 6.45) is 9.17. The maximum atomic E-state index is 9.43. The average Bonchev–Trinajstić information content (AvgIpc) is 2.77. The monoisotopic (exact) mass is 369 g/mol. The van der Waals surface area contributed by atoms with Crippen LogP contribution in [0.2, 0.25) is 0 Å². The Kier molecular flexibility index (Phi) is 7.33. The molecule has 28 heavy (non-hydrogen) atoms. The van der Waals surface area contributed by atoms with Gasteiger partial charge in [0.2, 0.25) is 0 Å². The maximum Gasteiger partial charge on any atom is 0.0994 e. The first-order chi connectivity index (χ1) is 13.7. The summed E-state index contributed by atoms with van der Waals surface area (Å²) in [5.74, 6) is 7.99. The fraction of sp³-hybridized carbons (Fsp3) is 0.444. The Hall–Kier alpha value is -2.51. The van der Waals surface area contributed by atoms with Gasteiger partial charge in [-0.05, 0) is 79.7 Å². The second kappa shape index (κ2) is 10.1. The normalized spacial score (nSPS) is 18.8. The Bertz CT molecular complexity index is 865. The van der Waals surface area contributed by atoms with Crippen LogP contribution in [-0.4, -0.2) is 0 Å². The third-order valence-electron chi connectivity index (χ3n) is 6.04. The third kappa shape index (κ3) is 5.27. The molecule has 0 atom stereocenters. The first-order valence-corrected chi connectivity index (χ1v) is 10.9. The highest BCUT2D eigenvalue weighted by atomic mass is 14.3. The van der Waals surface area contributed by atoms with Gasteiger partial charge in [0.05, 0.1) is 11.6 Å². The SMILES string of the molecule is CCCCc1ccc(C#CC2CCC(c3ccc(CC)cc3)CC2)cc1C#N. The van der Waals surface area contributed by atoms with Gasteiger partial charge in [0.1, 0.15) is 0 Å². The highest BCUT2D eigenvalue weighted by molar-refractivity contribution is 5.46. The number of benzene rings is 2. The third-order valence-corrected chi connectivity index (χ3v) is 6.04. The predicted octanol–water partition coefficient (Wildman–Crippen LogP) is 6.79. The zero-order valence-corrected chi connectivity index (χ0v) is 17.3. The van der Waals surface area contributed by atoms with E-state index in [1.165, 1.54) is 36.8 Å². The quantitative estimate of drug-likeness (QED) is 0.532. The standard InChI is InChI=1S/C27H31N/c1-3-5-6-24-18-13-23(19-27(24)20-28)8-7-22-11-16-26(17-12-22)25-14-9-21(4-2)10-15-25/h9-10,13-15,18-19,22,26H,3-6,11-12,16-17H2,1-2H3. The number of nitrogens with zero attached hydrogens (tertiary/aromatic N) is 1. The Morgan fingerprint density at radius 1 is 0.964 bits per heavy atom. The fourth-order valence-corrected chi connectivity index (χ4v) is 4.13. The van der Waals surface area contributed by atoms with E-state index in [9.17, 15) is 5.26 Å². The summed E-state index contributed by atoms with van der Waals surface area (Å²) in [5.41, 5.74) is 5.84. The number of unbranched alkanes of at least 4 members (excludes halogenated alkanes) is 1. The molecular weight excluding hydrogens is 338 g/mol. The molecule has 2 aromatic carbocycles. The number of hydrogen-bond donors (Lipinski definition) is 0. The van der Waals surface area contributed by atoms with Crippen LogP contribution in [0.5, 0.6) is 0 Å². The van der Waals surface area contributed by atoms with Gasteiger partial charge in [0.25, 0.3) is 0 Å². The van der Waals surface area contributed by atoms with Crippen LogP contribution in [0.4, 0.5) is 0 Å². The van der Waals surface area contributed by atoms with E-state index < -0.39 is 0 Å². The Morgan fingerprint density at radius 3 is 2.36 bits per heavy atom. The molecule has 0 N–H and O–H groups in total. The molecule has 0 amide bonds. The van der Waals surface area contributed by atoms with Crippen LogP contribution >= 0.6 is 0 Å². The van der Waals surface area contributed by atoms with Gasteiger partial charge in [-0.15, -0.1) is 0 Å². The van der Waals surface area contributed by atoms with E-state index in [0.29, 0.717) is 11.8 Å². The van der Waals surface area contributed by atoms with Crippen LogP contribution in [0.15, 0.2) is 42.5 Å². The summed E-state index contributed by atoms with van der Waals surface area (Å²) in [6, 6.07) is 17.7. The summed E-state index contributed by atoms with van der Waals surface area (Å²) in [5, 5.41) is 9.43. The summed E-state index contributed by atoms with van der Waals surface area (Å²) >= 11 is 0. The van der Waals surface area contributed by atoms with Crippen LogP contribution in [0.3, 0.4) is 0 Å². The van der Waals surface area contributed by atoms with Gasteiger partial charge in [-0.25, -0.2) is 0 Å². The Balaban J connectivity index is 1.59. The number of rotatable bonds is 5. The number of nitriles is 1. The second-order valence-electron chi connectivity index (χ2n) is 8.00. The van der Waals surface area contributed by atoms with Crippen LogP contribution < -0.4 is 0 Å². The molecule has 1 aliphatic carbocycles. The smallest absolute Gasteiger partial charge is 0.0994 e. The molecule has 2 aromatic rings. The fourth-order valence-electron chi connectivity index (χ4n) is 4.13. The van der Waals surface area contributed by atoms with Crippen molar-refractivity contribution in [2.75, 3.05) is 0 Å². The lowest BCUT2D eigenvalue weighted by Crippen LogP contribution is -2.12. The second-order valence-corrected chi connectivity index (χ2v) is 8.00. The van der Waals surface area contributed by atoms with Crippen molar-refractivity contribution in [3.63, 3.8) is 0 Å². The minimum absolute atomic E-state index is 0.483. The maximum absolute atomic E-state index is 9.43. The molecule has 1 nitrogen and oxygen atoms in total. The number of aryl methyl sites for hydroxylation is 2. The lowest BCUT2D eigenvalue weighted by Gasteiger charge is -2.26. The van der Waals surface area contributed by atoms with Crippen molar-refractivity contribution in [2.24, 2.45) is 5.92 Å². The highest BCUT2D eigenvalue weighted by Crippen LogP contribution is 2.35. The van der Waals surface area contributed by atoms with E-state index in [-0.39, 0.29) is 0 Å². The van der Waals surface area contributed by atoms with Gasteiger partial charge in [0, 0.05) is 11.5 Å². The highest BCUT2D eigenvalue weighted by Gasteiger charge is 2.21. The first-order valence-electron chi connectivity index (χ1n) is 10.9. The molecule has 1 saturated carbocycles. The van der Waals surface area contributed by atoms with E-state index in [2.05, 4.69) is 68.2 Å². The lowest BCUT2D eigenvalue weighted by atomic mass is 9.79. The van der Waals surface area contributed by atoms with Crippen molar-refractivity contribution in [3.8, 4) is 17.9 Å². The van der Waals surface area contributed by atoms with Crippen molar-refractivity contribution in [3.05, 3.63) is 70.3 Å². The van der Waals surface area contributed by atoms with Crippen LogP contribution in [-0.2, 0) is 12.8 Å². The zero-order chi connectivity index (χ0) is 19.8. The number of hydrogen-bond acceptors (Lipinski definition) is 1. The molecule has 1 heteroatoms. The molecule has 0 spiro atoms. The van der Waals surface area contributed by atoms with Gasteiger partial charge >= 0.3 is 0 Å². The van der Waals surface area contributed by atoms with Gasteiger partial charge < -0.3 is 0 Å². The molecule has 3 rings (SSSR count). The lowest BCUT2D eigenvalue weighted by molar-refractivity contribution is 0.384. The van der Waals surface area contributed by atoms with Crippen LogP contribution in [0.25, 0.3) is 0 Å². The van der Waals surface area contributed by atoms with E-state index in [1.54, 1.807) is 0 Å². The molecule has 1 aliphatic rings. The molecule has 0 aromatic heterocycles. The molecule has 0 unspecified atom stereocenters. The van der Waals surface area contributed by atoms with Crippen molar-refractivity contribution in [2.45, 2.75) is 71.1 Å². The summed E-state index contributed by atoms with van der Waals surface area (Å²) < 4.78 is 0. The first kappa shape index (κ1) is 20.2. The Morgan fingerprint density at radius 2 is 1.71 bits per heavy atom. The van der Waals surface area contributed by atoms with Crippen molar-refractivity contribution >= 4 is 0 Å². The molecule has 144 valence electrons. The van der Waals surface area contributed by atoms with Crippen molar-refractivity contribution in [1.29, 1.82) is 5.26 Å². The topological polar surface area (TPSA) is 23.8 Å². The molecule has 0 radical (unpaired) electrons. The largest absolute Gasteiger partial charge is 0.192 e. The summed E-state index contributed by atoms with van der Waals surface area (Å²) in [4.78, 5) is 0. The molecule has 0 saturated heterocycles. The average molecular weight is 370 g/mol. The molecule has 0 aliphatic heterocycles. The summed E-state index contributed by atoms with van der Waals surface area (Å²) in [7, 11) is 0.